The molecule has 64 valence electrons. The van der Waals surface area contributed by atoms with E-state index in [1.807, 2.05) is 0 Å². The second kappa shape index (κ2) is 2.87. The Hall–Kier alpha value is -1.10. The molecule has 0 fully saturated rings. The van der Waals surface area contributed by atoms with Crippen LogP contribution >= 0.6 is 0 Å². The van der Waals surface area contributed by atoms with Crippen molar-refractivity contribution < 1.29 is 19.8 Å². The van der Waals surface area contributed by atoms with Gasteiger partial charge in [-0.1, -0.05) is 13.8 Å². The first-order valence-electron chi connectivity index (χ1n) is 3.09. The van der Waals surface area contributed by atoms with Crippen LogP contribution in [0.2, 0.25) is 0 Å². The molecule has 0 aliphatic heterocycles. The van der Waals surface area contributed by atoms with Crippen molar-refractivity contribution in [1.82, 2.24) is 0 Å². The molecule has 0 spiro atoms. The maximum Gasteiger partial charge on any atom is 0.335 e. The van der Waals surface area contributed by atoms with Crippen molar-refractivity contribution >= 4 is 11.9 Å². The molecule has 0 aliphatic carbocycles. The summed E-state index contributed by atoms with van der Waals surface area (Å²) in [6.07, 6.45) is 0. The molecule has 0 aliphatic rings. The van der Waals surface area contributed by atoms with Crippen LogP contribution in [-0.2, 0) is 9.59 Å². The van der Waals surface area contributed by atoms with Gasteiger partial charge < -0.3 is 15.9 Å². The van der Waals surface area contributed by atoms with Gasteiger partial charge in [-0.25, -0.2) is 9.59 Å². The Balaban J connectivity index is 4.82. The lowest BCUT2D eigenvalue weighted by Crippen LogP contribution is -2.58. The highest BCUT2D eigenvalue weighted by Crippen LogP contribution is 2.13. The lowest BCUT2D eigenvalue weighted by Gasteiger charge is -2.23. The zero-order chi connectivity index (χ0) is 9.23. The third kappa shape index (κ3) is 1.48. The molecule has 0 atom stereocenters. The molecule has 5 nitrogen and oxygen atoms in total. The number of hydrogen-bond acceptors (Lipinski definition) is 3. The summed E-state index contributed by atoms with van der Waals surface area (Å²) in [5.74, 6) is -3.67. The van der Waals surface area contributed by atoms with E-state index in [9.17, 15) is 9.59 Å². The van der Waals surface area contributed by atoms with Crippen molar-refractivity contribution in [1.29, 1.82) is 0 Å². The molecule has 4 N–H and O–H groups in total. The molecule has 0 aromatic heterocycles. The van der Waals surface area contributed by atoms with Crippen molar-refractivity contribution in [3.05, 3.63) is 0 Å². The Morgan fingerprint density at radius 1 is 1.27 bits per heavy atom. The molecule has 0 amide bonds. The van der Waals surface area contributed by atoms with Crippen LogP contribution in [0.1, 0.15) is 13.8 Å². The molecule has 0 aromatic carbocycles. The van der Waals surface area contributed by atoms with Crippen molar-refractivity contribution in [3.63, 3.8) is 0 Å². The molecule has 0 radical (unpaired) electrons. The molecule has 0 bridgehead atoms. The average Bonchev–Trinajstić information content (AvgIpc) is 1.84. The maximum atomic E-state index is 10.4. The number of carboxylic acids is 2. The van der Waals surface area contributed by atoms with Gasteiger partial charge in [0.1, 0.15) is 0 Å². The smallest absolute Gasteiger partial charge is 0.335 e. The first kappa shape index (κ1) is 9.90. The van der Waals surface area contributed by atoms with Crippen LogP contribution in [0, 0.1) is 5.92 Å². The SMILES string of the molecule is CC(C)C(N)(C(=O)O)C(=O)O. The minimum absolute atomic E-state index is 0.641. The van der Waals surface area contributed by atoms with E-state index in [1.54, 1.807) is 0 Å². The van der Waals surface area contributed by atoms with Gasteiger partial charge in [0.05, 0.1) is 0 Å². The highest BCUT2D eigenvalue weighted by molar-refractivity contribution is 6.03. The Kier molecular flexibility index (Phi) is 2.59. The standard InChI is InChI=1S/C6H11NO4/c1-3(2)6(7,4(8)9)5(10)11/h3H,7H2,1-2H3,(H,8,9)(H,10,11). The van der Waals surface area contributed by atoms with E-state index >= 15 is 0 Å². The topological polar surface area (TPSA) is 101 Å². The van der Waals surface area contributed by atoms with Gasteiger partial charge in [-0.05, 0) is 5.92 Å². The minimum atomic E-state index is -2.17. The van der Waals surface area contributed by atoms with E-state index in [0.717, 1.165) is 0 Å². The minimum Gasteiger partial charge on any atom is -0.479 e. The van der Waals surface area contributed by atoms with Gasteiger partial charge in [0.25, 0.3) is 0 Å². The second-order valence-corrected chi connectivity index (χ2v) is 2.63. The van der Waals surface area contributed by atoms with Gasteiger partial charge in [-0.3, -0.25) is 0 Å². The van der Waals surface area contributed by atoms with E-state index in [2.05, 4.69) is 0 Å². The Bertz CT molecular complexity index is 173. The second-order valence-electron chi connectivity index (χ2n) is 2.63. The van der Waals surface area contributed by atoms with Gasteiger partial charge >= 0.3 is 11.9 Å². The molecule has 0 aromatic rings. The summed E-state index contributed by atoms with van der Waals surface area (Å²) in [6.45, 7) is 2.89. The van der Waals surface area contributed by atoms with Crippen LogP contribution in [0.3, 0.4) is 0 Å². The zero-order valence-electron chi connectivity index (χ0n) is 6.37. The fourth-order valence-electron chi connectivity index (χ4n) is 0.585. The van der Waals surface area contributed by atoms with Crippen LogP contribution < -0.4 is 5.73 Å². The Labute approximate surface area is 63.8 Å². The van der Waals surface area contributed by atoms with Gasteiger partial charge in [-0.2, -0.15) is 0 Å². The number of hydrogen-bond donors (Lipinski definition) is 3. The van der Waals surface area contributed by atoms with Crippen molar-refractivity contribution in [2.24, 2.45) is 11.7 Å². The number of carbonyl (C=O) groups is 2. The molecule has 0 saturated carbocycles. The van der Waals surface area contributed by atoms with E-state index in [0.29, 0.717) is 0 Å². The average molecular weight is 161 g/mol. The number of carboxylic acid groups (broad SMARTS) is 2. The van der Waals surface area contributed by atoms with E-state index < -0.39 is 23.4 Å². The predicted octanol–water partition coefficient (Wildman–Crippen LogP) is -0.491. The molecule has 0 unspecified atom stereocenters. The van der Waals surface area contributed by atoms with E-state index in [1.165, 1.54) is 13.8 Å². The van der Waals surface area contributed by atoms with Gasteiger partial charge in [0.2, 0.25) is 5.54 Å². The van der Waals surface area contributed by atoms with E-state index in [4.69, 9.17) is 15.9 Å². The van der Waals surface area contributed by atoms with Gasteiger partial charge in [0, 0.05) is 0 Å². The van der Waals surface area contributed by atoms with Crippen molar-refractivity contribution in [2.45, 2.75) is 19.4 Å². The van der Waals surface area contributed by atoms with Crippen molar-refractivity contribution in [2.75, 3.05) is 0 Å². The molecule has 5 heteroatoms. The number of nitrogens with two attached hydrogens (primary N) is 1. The summed E-state index contributed by atoms with van der Waals surface area (Å²) in [4.78, 5) is 20.8. The molecule has 11 heavy (non-hydrogen) atoms. The summed E-state index contributed by atoms with van der Waals surface area (Å²) in [5, 5.41) is 16.9. The monoisotopic (exact) mass is 161 g/mol. The number of aliphatic carboxylic acids is 2. The lowest BCUT2D eigenvalue weighted by molar-refractivity contribution is -0.159. The summed E-state index contributed by atoms with van der Waals surface area (Å²) in [7, 11) is 0. The molecule has 0 saturated heterocycles. The third-order valence-electron chi connectivity index (χ3n) is 1.62. The van der Waals surface area contributed by atoms with Gasteiger partial charge in [-0.15, -0.1) is 0 Å². The Morgan fingerprint density at radius 3 is 1.55 bits per heavy atom. The fourth-order valence-corrected chi connectivity index (χ4v) is 0.585. The molecular weight excluding hydrogens is 150 g/mol. The highest BCUT2D eigenvalue weighted by atomic mass is 16.4. The molecular formula is C6H11NO4. The Morgan fingerprint density at radius 2 is 1.55 bits per heavy atom. The van der Waals surface area contributed by atoms with Gasteiger partial charge in [0.15, 0.2) is 0 Å². The quantitative estimate of drug-likeness (QED) is 0.485. The van der Waals surface area contributed by atoms with Crippen molar-refractivity contribution in [3.8, 4) is 0 Å². The number of rotatable bonds is 3. The molecule has 0 heterocycles. The normalized spacial score (nSPS) is 11.6. The maximum absolute atomic E-state index is 10.4. The third-order valence-corrected chi connectivity index (χ3v) is 1.62. The summed E-state index contributed by atoms with van der Waals surface area (Å²) < 4.78 is 0. The van der Waals surface area contributed by atoms with Crippen LogP contribution in [0.15, 0.2) is 0 Å². The largest absolute Gasteiger partial charge is 0.479 e. The summed E-state index contributed by atoms with van der Waals surface area (Å²) in [6, 6.07) is 0. The van der Waals surface area contributed by atoms with E-state index in [-0.39, 0.29) is 0 Å². The predicted molar refractivity (Wildman–Crippen MR) is 37.0 cm³/mol. The summed E-state index contributed by atoms with van der Waals surface area (Å²) >= 11 is 0. The van der Waals surface area contributed by atoms with Crippen LogP contribution in [0.4, 0.5) is 0 Å². The first-order valence-corrected chi connectivity index (χ1v) is 3.09. The summed E-state index contributed by atoms with van der Waals surface area (Å²) in [5.41, 5.74) is 2.96. The molecule has 0 rings (SSSR count). The first-order chi connectivity index (χ1) is 4.83. The van der Waals surface area contributed by atoms with Crippen LogP contribution in [-0.4, -0.2) is 27.7 Å². The lowest BCUT2D eigenvalue weighted by atomic mass is 9.88. The fraction of sp³-hybridized carbons (Fsp3) is 0.667. The van der Waals surface area contributed by atoms with Crippen LogP contribution in [0.5, 0.6) is 0 Å². The highest BCUT2D eigenvalue weighted by Gasteiger charge is 2.45. The zero-order valence-corrected chi connectivity index (χ0v) is 6.37. The van der Waals surface area contributed by atoms with Crippen LogP contribution in [0.25, 0.3) is 0 Å².